The molecule has 2 amide bonds. The van der Waals surface area contributed by atoms with Gasteiger partial charge in [0.1, 0.15) is 11.7 Å². The van der Waals surface area contributed by atoms with Gasteiger partial charge in [0, 0.05) is 85.3 Å². The molecule has 1 unspecified atom stereocenters. The fraction of sp³-hybridized carbons (Fsp3) is 0.357. The van der Waals surface area contributed by atoms with Crippen LogP contribution in [0.3, 0.4) is 0 Å². The molecule has 196 valence electrons. The van der Waals surface area contributed by atoms with Crippen molar-refractivity contribution in [3.05, 3.63) is 65.5 Å². The van der Waals surface area contributed by atoms with Gasteiger partial charge in [-0.15, -0.1) is 0 Å². The summed E-state index contributed by atoms with van der Waals surface area (Å²) in [4.78, 5) is 29.8. The second-order valence-electron chi connectivity index (χ2n) is 9.79. The highest BCUT2D eigenvalue weighted by Gasteiger charge is 2.30. The molecule has 0 bridgehead atoms. The molecule has 3 aliphatic heterocycles. The van der Waals surface area contributed by atoms with Crippen LogP contribution in [0.25, 0.3) is 27.6 Å². The van der Waals surface area contributed by atoms with Crippen molar-refractivity contribution in [2.24, 2.45) is 0 Å². The van der Waals surface area contributed by atoms with Gasteiger partial charge in [-0.05, 0) is 12.8 Å². The van der Waals surface area contributed by atoms with E-state index < -0.39 is 11.9 Å². The predicted molar refractivity (Wildman–Crippen MR) is 140 cm³/mol. The van der Waals surface area contributed by atoms with Crippen LogP contribution in [0.4, 0.5) is 4.39 Å². The fourth-order valence-electron chi connectivity index (χ4n) is 5.57. The average molecular weight is 517 g/mol. The van der Waals surface area contributed by atoms with Gasteiger partial charge in [0.05, 0.1) is 11.7 Å². The number of nitrogens with zero attached hydrogens (tertiary/aromatic N) is 4. The third kappa shape index (κ3) is 4.14. The molecule has 5 heterocycles. The monoisotopic (exact) mass is 516 g/mol. The van der Waals surface area contributed by atoms with Gasteiger partial charge in [0.25, 0.3) is 0 Å². The number of pyridine rings is 1. The van der Waals surface area contributed by atoms with Crippen LogP contribution in [0.2, 0.25) is 0 Å². The first-order chi connectivity index (χ1) is 18.6. The molecule has 0 spiro atoms. The molecule has 1 fully saturated rings. The number of benzene rings is 1. The lowest BCUT2D eigenvalue weighted by Crippen LogP contribution is -2.40. The number of hydrogen-bond donors (Lipinski definition) is 2. The third-order valence-electron chi connectivity index (χ3n) is 7.62. The van der Waals surface area contributed by atoms with Crippen LogP contribution in [-0.4, -0.2) is 64.8 Å². The number of amides is 2. The van der Waals surface area contributed by atoms with Gasteiger partial charge in [0.15, 0.2) is 5.82 Å². The summed E-state index contributed by atoms with van der Waals surface area (Å²) in [6.45, 7) is 2.52. The molecule has 1 saturated heterocycles. The molecule has 1 atom stereocenters. The Labute approximate surface area is 219 Å². The molecule has 0 aliphatic carbocycles. The Hall–Kier alpha value is -4.05. The number of fused-ring (bicyclic) bond motifs is 2. The van der Waals surface area contributed by atoms with Crippen molar-refractivity contribution in [3.8, 4) is 11.3 Å². The molecule has 0 radical (unpaired) electrons. The number of carbonyl (C=O) groups excluding carboxylic acids is 2. The highest BCUT2D eigenvalue weighted by Crippen LogP contribution is 2.38. The summed E-state index contributed by atoms with van der Waals surface area (Å²) in [5.41, 5.74) is 4.47. The second-order valence-corrected chi connectivity index (χ2v) is 9.79. The molecule has 3 aromatic rings. The Bertz CT molecular complexity index is 1470. The van der Waals surface area contributed by atoms with Crippen LogP contribution in [0, 0.1) is 5.82 Å². The van der Waals surface area contributed by atoms with Gasteiger partial charge in [-0.25, -0.2) is 4.39 Å². The Balaban J connectivity index is 1.42. The average Bonchev–Trinajstić information content (AvgIpc) is 3.36. The van der Waals surface area contributed by atoms with Crippen LogP contribution in [0.5, 0.6) is 0 Å². The minimum absolute atomic E-state index is 0.176. The van der Waals surface area contributed by atoms with Crippen LogP contribution >= 0.6 is 0 Å². The van der Waals surface area contributed by atoms with Gasteiger partial charge in [-0.1, -0.05) is 30.4 Å². The topological polar surface area (TPSA) is 101 Å². The Morgan fingerprint density at radius 2 is 2.08 bits per heavy atom. The van der Waals surface area contributed by atoms with E-state index in [0.717, 1.165) is 48.2 Å². The Morgan fingerprint density at radius 1 is 1.24 bits per heavy atom. The van der Waals surface area contributed by atoms with Crippen molar-refractivity contribution in [3.63, 3.8) is 0 Å². The van der Waals surface area contributed by atoms with Gasteiger partial charge >= 0.3 is 0 Å². The van der Waals surface area contributed by atoms with E-state index in [9.17, 15) is 9.59 Å². The summed E-state index contributed by atoms with van der Waals surface area (Å²) in [7, 11) is 1.57. The minimum Gasteiger partial charge on any atom is -0.381 e. The number of carbonyl (C=O) groups is 2. The largest absolute Gasteiger partial charge is 0.381 e. The van der Waals surface area contributed by atoms with Crippen molar-refractivity contribution in [2.75, 3.05) is 26.8 Å². The number of rotatable bonds is 5. The molecule has 1 aromatic carbocycles. The van der Waals surface area contributed by atoms with E-state index in [1.807, 2.05) is 12.1 Å². The maximum absolute atomic E-state index is 15.9. The number of ether oxygens (including phenoxy) is 1. The van der Waals surface area contributed by atoms with Crippen molar-refractivity contribution < 1.29 is 18.7 Å². The summed E-state index contributed by atoms with van der Waals surface area (Å²) in [6, 6.07) is 5.24. The maximum Gasteiger partial charge on any atom is 0.246 e. The summed E-state index contributed by atoms with van der Waals surface area (Å²) in [5, 5.41) is 11.8. The van der Waals surface area contributed by atoms with E-state index in [4.69, 9.17) is 9.84 Å². The second kappa shape index (κ2) is 10.0. The van der Waals surface area contributed by atoms with E-state index in [-0.39, 0.29) is 17.6 Å². The minimum atomic E-state index is -0.512. The maximum atomic E-state index is 15.9. The van der Waals surface area contributed by atoms with Crippen LogP contribution < -0.4 is 10.6 Å². The summed E-state index contributed by atoms with van der Waals surface area (Å²) >= 11 is 0. The first-order valence-electron chi connectivity index (χ1n) is 12.9. The molecule has 9 nitrogen and oxygen atoms in total. The van der Waals surface area contributed by atoms with Gasteiger partial charge in [-0.3, -0.25) is 19.3 Å². The van der Waals surface area contributed by atoms with E-state index in [1.165, 1.54) is 0 Å². The SMILES string of the molecule is CNC(=O)C1C=CC(c2ncc3c(-c4nn(C5CCOCC5)c5c4CN(C=O)CC5)cccc3c2F)=CN1. The number of dihydropyridines is 1. The molecule has 10 heteroatoms. The number of hydrogen-bond acceptors (Lipinski definition) is 6. The van der Waals surface area contributed by atoms with Crippen LogP contribution in [0.15, 0.2) is 42.7 Å². The molecule has 6 rings (SSSR count). The van der Waals surface area contributed by atoms with Gasteiger partial charge in [-0.2, -0.15) is 5.10 Å². The van der Waals surface area contributed by atoms with E-state index in [0.29, 0.717) is 42.6 Å². The first kappa shape index (κ1) is 24.3. The first-order valence-corrected chi connectivity index (χ1v) is 12.9. The number of nitrogens with one attached hydrogen (secondary N) is 2. The highest BCUT2D eigenvalue weighted by atomic mass is 19.1. The Kier molecular flexibility index (Phi) is 6.40. The number of allylic oxidation sites excluding steroid dienone is 2. The zero-order valence-electron chi connectivity index (χ0n) is 21.1. The van der Waals surface area contributed by atoms with E-state index >= 15 is 4.39 Å². The van der Waals surface area contributed by atoms with Gasteiger partial charge in [0.2, 0.25) is 12.3 Å². The summed E-state index contributed by atoms with van der Waals surface area (Å²) in [6.07, 6.45) is 10.1. The zero-order chi connectivity index (χ0) is 26.2. The quantitative estimate of drug-likeness (QED) is 0.506. The lowest BCUT2D eigenvalue weighted by atomic mass is 9.96. The third-order valence-corrected chi connectivity index (χ3v) is 7.62. The normalized spacial score (nSPS) is 19.6. The zero-order valence-corrected chi connectivity index (χ0v) is 21.1. The van der Waals surface area contributed by atoms with Crippen LogP contribution in [0.1, 0.15) is 35.8 Å². The van der Waals surface area contributed by atoms with Crippen molar-refractivity contribution in [1.82, 2.24) is 30.3 Å². The smallest absolute Gasteiger partial charge is 0.246 e. The summed E-state index contributed by atoms with van der Waals surface area (Å²) in [5.74, 6) is -0.613. The number of halogens is 1. The number of likely N-dealkylation sites (N-methyl/N-ethyl adjacent to an activating group) is 1. The molecule has 38 heavy (non-hydrogen) atoms. The van der Waals surface area contributed by atoms with Crippen molar-refractivity contribution >= 4 is 28.7 Å². The van der Waals surface area contributed by atoms with E-state index in [2.05, 4.69) is 20.3 Å². The molecular formula is C28H29FN6O3. The van der Waals surface area contributed by atoms with E-state index in [1.54, 1.807) is 42.6 Å². The van der Waals surface area contributed by atoms with Gasteiger partial charge < -0.3 is 20.3 Å². The lowest BCUT2D eigenvalue weighted by molar-refractivity contribution is -0.121. The predicted octanol–water partition coefficient (Wildman–Crippen LogP) is 2.72. The van der Waals surface area contributed by atoms with Crippen molar-refractivity contribution in [1.29, 1.82) is 0 Å². The summed E-state index contributed by atoms with van der Waals surface area (Å²) < 4.78 is 23.6. The highest BCUT2D eigenvalue weighted by molar-refractivity contribution is 5.98. The molecule has 3 aliphatic rings. The lowest BCUT2D eigenvalue weighted by Gasteiger charge is -2.28. The van der Waals surface area contributed by atoms with Crippen molar-refractivity contribution in [2.45, 2.75) is 37.9 Å². The molecular weight excluding hydrogens is 487 g/mol. The molecule has 2 N–H and O–H groups in total. The van der Waals surface area contributed by atoms with Crippen LogP contribution in [-0.2, 0) is 27.3 Å². The standard InChI is InChI=1S/C28H29FN6O3/c1-30-28(37)23-6-5-17(13-31-23)26-25(29)19-3-2-4-20(21(19)14-32-26)27-22-15-34(16-36)10-7-24(22)35(33-27)18-8-11-38-12-9-18/h2-6,13-14,16,18,23,31H,7-12,15H2,1H3,(H,30,37). The molecule has 2 aromatic heterocycles. The fourth-order valence-corrected chi connectivity index (χ4v) is 5.57. The Morgan fingerprint density at radius 3 is 2.82 bits per heavy atom. The number of aromatic nitrogens is 3. The molecule has 0 saturated carbocycles.